The van der Waals surface area contributed by atoms with E-state index in [0.717, 1.165) is 12.8 Å². The Morgan fingerprint density at radius 3 is 2.49 bits per heavy atom. The SMILES string of the molecule is CC1(C)C2CCC1(C)C(OC(=O)C1CCCN1C(=O)CCC(=O)C(O)Cc1ccc(O)c(O)c1)C2. The maximum absolute atomic E-state index is 13.1. The van der Waals surface area contributed by atoms with Gasteiger partial charge in [0.2, 0.25) is 5.91 Å². The van der Waals surface area contributed by atoms with Crippen LogP contribution in [0, 0.1) is 16.7 Å². The number of aliphatic hydroxyl groups excluding tert-OH is 1. The molecule has 3 N–H and O–H groups in total. The zero-order valence-electron chi connectivity index (χ0n) is 20.8. The minimum absolute atomic E-state index is 0.0307. The number of esters is 1. The molecule has 1 aliphatic heterocycles. The number of aromatic hydroxyl groups is 2. The van der Waals surface area contributed by atoms with E-state index in [1.165, 1.54) is 29.5 Å². The van der Waals surface area contributed by atoms with Gasteiger partial charge in [-0.3, -0.25) is 9.59 Å². The summed E-state index contributed by atoms with van der Waals surface area (Å²) < 4.78 is 6.02. The van der Waals surface area contributed by atoms with Crippen LogP contribution in [0.4, 0.5) is 0 Å². The first-order chi connectivity index (χ1) is 16.4. The van der Waals surface area contributed by atoms with Crippen molar-refractivity contribution in [2.75, 3.05) is 6.54 Å². The summed E-state index contributed by atoms with van der Waals surface area (Å²) in [6.07, 6.45) is 2.65. The molecule has 35 heavy (non-hydrogen) atoms. The van der Waals surface area contributed by atoms with Crippen molar-refractivity contribution in [2.45, 2.75) is 90.4 Å². The summed E-state index contributed by atoms with van der Waals surface area (Å²) in [5.74, 6) is -1.17. The van der Waals surface area contributed by atoms with Crippen LogP contribution in [-0.4, -0.2) is 62.7 Å². The second-order valence-electron chi connectivity index (χ2n) is 11.3. The van der Waals surface area contributed by atoms with E-state index >= 15 is 0 Å². The highest BCUT2D eigenvalue weighted by atomic mass is 16.5. The lowest BCUT2D eigenvalue weighted by molar-refractivity contribution is -0.164. The second kappa shape index (κ2) is 9.45. The number of ketones is 1. The van der Waals surface area contributed by atoms with Gasteiger partial charge in [0.05, 0.1) is 0 Å². The van der Waals surface area contributed by atoms with Crippen LogP contribution in [0.25, 0.3) is 0 Å². The minimum atomic E-state index is -1.33. The molecular formula is C27H37NO7. The molecular weight excluding hydrogens is 450 g/mol. The van der Waals surface area contributed by atoms with Crippen LogP contribution >= 0.6 is 0 Å². The van der Waals surface area contributed by atoms with Gasteiger partial charge in [0.25, 0.3) is 0 Å². The molecule has 3 fully saturated rings. The standard InChI is InChI=1S/C27H37NO7/c1-26(2)17-10-11-27(26,3)23(15-17)35-25(34)18-5-4-12-28(18)24(33)9-8-20(30)22(32)14-16-6-7-19(29)21(31)13-16/h6-7,13,17-18,22-23,29,31-32H,4-5,8-12,14-15H2,1-3H3. The number of rotatable bonds is 8. The van der Waals surface area contributed by atoms with Gasteiger partial charge in [-0.25, -0.2) is 4.79 Å². The number of carbonyl (C=O) groups excluding carboxylic acids is 3. The van der Waals surface area contributed by atoms with E-state index in [1.807, 2.05) is 0 Å². The minimum Gasteiger partial charge on any atom is -0.504 e. The smallest absolute Gasteiger partial charge is 0.329 e. The lowest BCUT2D eigenvalue weighted by Crippen LogP contribution is -2.45. The molecule has 8 nitrogen and oxygen atoms in total. The van der Waals surface area contributed by atoms with Crippen molar-refractivity contribution in [3.63, 3.8) is 0 Å². The Morgan fingerprint density at radius 2 is 1.86 bits per heavy atom. The molecule has 0 aromatic heterocycles. The number of fused-ring (bicyclic) bond motifs is 2. The molecule has 192 valence electrons. The Labute approximate surface area is 206 Å². The Bertz CT molecular complexity index is 1010. The zero-order valence-corrected chi connectivity index (χ0v) is 20.8. The van der Waals surface area contributed by atoms with Crippen LogP contribution in [0.3, 0.4) is 0 Å². The van der Waals surface area contributed by atoms with Crippen LogP contribution < -0.4 is 0 Å². The van der Waals surface area contributed by atoms with Gasteiger partial charge in [0, 0.05) is 31.2 Å². The number of nitrogens with zero attached hydrogens (tertiary/aromatic N) is 1. The van der Waals surface area contributed by atoms with Gasteiger partial charge in [0.15, 0.2) is 17.3 Å². The average Bonchev–Trinajstić information content (AvgIpc) is 3.43. The van der Waals surface area contributed by atoms with Crippen LogP contribution in [0.2, 0.25) is 0 Å². The molecule has 1 aromatic rings. The Hall–Kier alpha value is -2.61. The third-order valence-corrected chi connectivity index (χ3v) is 9.24. The molecule has 4 rings (SSSR count). The van der Waals surface area contributed by atoms with E-state index in [1.54, 1.807) is 0 Å². The molecule has 3 aliphatic rings. The zero-order chi connectivity index (χ0) is 25.5. The molecule has 2 bridgehead atoms. The van der Waals surface area contributed by atoms with Crippen LogP contribution in [0.5, 0.6) is 11.5 Å². The van der Waals surface area contributed by atoms with Crippen molar-refractivity contribution < 1.29 is 34.4 Å². The van der Waals surface area contributed by atoms with Gasteiger partial charge < -0.3 is 25.0 Å². The maximum atomic E-state index is 13.1. The van der Waals surface area contributed by atoms with Crippen molar-refractivity contribution in [3.8, 4) is 11.5 Å². The molecule has 1 amide bonds. The first-order valence-corrected chi connectivity index (χ1v) is 12.7. The normalized spacial score (nSPS) is 29.8. The summed E-state index contributed by atoms with van der Waals surface area (Å²) in [5.41, 5.74) is 0.577. The lowest BCUT2D eigenvalue weighted by Gasteiger charge is -2.39. The second-order valence-corrected chi connectivity index (χ2v) is 11.3. The topological polar surface area (TPSA) is 124 Å². The van der Waals surface area contributed by atoms with E-state index in [9.17, 15) is 29.7 Å². The fourth-order valence-corrected chi connectivity index (χ4v) is 6.41. The molecule has 8 heteroatoms. The maximum Gasteiger partial charge on any atom is 0.329 e. The fraction of sp³-hybridized carbons (Fsp3) is 0.667. The van der Waals surface area contributed by atoms with Gasteiger partial charge in [-0.2, -0.15) is 0 Å². The number of aliphatic hydroxyl groups is 1. The number of ether oxygens (including phenoxy) is 1. The highest BCUT2D eigenvalue weighted by Crippen LogP contribution is 2.66. The summed E-state index contributed by atoms with van der Waals surface area (Å²) >= 11 is 0. The van der Waals surface area contributed by atoms with Crippen LogP contribution in [0.1, 0.15) is 71.3 Å². The van der Waals surface area contributed by atoms with Gasteiger partial charge in [-0.05, 0) is 61.1 Å². The monoisotopic (exact) mass is 487 g/mol. The number of Topliss-reactive ketones (excluding diaryl/α,β-unsaturated/α-hetero) is 1. The predicted molar refractivity (Wildman–Crippen MR) is 128 cm³/mol. The predicted octanol–water partition coefficient (Wildman–Crippen LogP) is 3.10. The van der Waals surface area contributed by atoms with Crippen molar-refractivity contribution in [1.82, 2.24) is 4.90 Å². The van der Waals surface area contributed by atoms with Crippen LogP contribution in [-0.2, 0) is 25.5 Å². The van der Waals surface area contributed by atoms with E-state index in [4.69, 9.17) is 4.74 Å². The number of hydrogen-bond donors (Lipinski definition) is 3. The number of phenols is 2. The van der Waals surface area contributed by atoms with Gasteiger partial charge in [-0.1, -0.05) is 26.8 Å². The van der Waals surface area contributed by atoms with E-state index in [-0.39, 0.29) is 59.6 Å². The van der Waals surface area contributed by atoms with Gasteiger partial charge in [0.1, 0.15) is 18.2 Å². The van der Waals surface area contributed by atoms with Crippen molar-refractivity contribution in [3.05, 3.63) is 23.8 Å². The number of phenolic OH excluding ortho intramolecular Hbond substituents is 2. The number of carbonyl (C=O) groups is 3. The molecule has 1 saturated heterocycles. The largest absolute Gasteiger partial charge is 0.504 e. The first kappa shape index (κ1) is 25.5. The van der Waals surface area contributed by atoms with Gasteiger partial charge in [-0.15, -0.1) is 0 Å². The molecule has 5 atom stereocenters. The highest BCUT2D eigenvalue weighted by molar-refractivity contribution is 5.90. The summed E-state index contributed by atoms with van der Waals surface area (Å²) in [5, 5.41) is 29.2. The quantitative estimate of drug-likeness (QED) is 0.380. The summed E-state index contributed by atoms with van der Waals surface area (Å²) in [7, 11) is 0. The Kier molecular flexibility index (Phi) is 6.88. The number of amides is 1. The average molecular weight is 488 g/mol. The van der Waals surface area contributed by atoms with E-state index in [0.29, 0.717) is 30.9 Å². The molecule has 1 aromatic carbocycles. The number of benzene rings is 1. The van der Waals surface area contributed by atoms with Crippen molar-refractivity contribution >= 4 is 17.7 Å². The third kappa shape index (κ3) is 4.65. The molecule has 0 radical (unpaired) electrons. The Balaban J connectivity index is 1.29. The lowest BCUT2D eigenvalue weighted by atomic mass is 9.70. The fourth-order valence-electron chi connectivity index (χ4n) is 6.41. The molecule has 2 aliphatic carbocycles. The molecule has 1 heterocycles. The third-order valence-electron chi connectivity index (χ3n) is 9.24. The van der Waals surface area contributed by atoms with Gasteiger partial charge >= 0.3 is 5.97 Å². The summed E-state index contributed by atoms with van der Waals surface area (Å²) in [6.45, 7) is 7.20. The number of hydrogen-bond acceptors (Lipinski definition) is 7. The summed E-state index contributed by atoms with van der Waals surface area (Å²) in [4.78, 5) is 39.9. The van der Waals surface area contributed by atoms with Crippen LogP contribution in [0.15, 0.2) is 18.2 Å². The Morgan fingerprint density at radius 1 is 1.11 bits per heavy atom. The summed E-state index contributed by atoms with van der Waals surface area (Å²) in [6, 6.07) is 3.47. The van der Waals surface area contributed by atoms with E-state index in [2.05, 4.69) is 20.8 Å². The molecule has 5 unspecified atom stereocenters. The highest BCUT2D eigenvalue weighted by Gasteiger charge is 2.63. The molecule has 2 saturated carbocycles. The van der Waals surface area contributed by atoms with Crippen molar-refractivity contribution in [1.29, 1.82) is 0 Å². The first-order valence-electron chi connectivity index (χ1n) is 12.7. The number of likely N-dealkylation sites (tertiary alicyclic amines) is 1. The molecule has 0 spiro atoms. The van der Waals surface area contributed by atoms with Crippen molar-refractivity contribution in [2.24, 2.45) is 16.7 Å². The van der Waals surface area contributed by atoms with E-state index < -0.39 is 17.9 Å².